The van der Waals surface area contributed by atoms with Gasteiger partial charge in [-0.1, -0.05) is 18.2 Å². The fraction of sp³-hybridized carbons (Fsp3) is 0.312. The molecule has 0 aliphatic carbocycles. The van der Waals surface area contributed by atoms with Crippen molar-refractivity contribution in [3.8, 4) is 10.4 Å². The topological polar surface area (TPSA) is 40.5 Å². The van der Waals surface area contributed by atoms with Crippen molar-refractivity contribution in [1.29, 1.82) is 0 Å². The maximum Gasteiger partial charge on any atom is 0.342 e. The lowest BCUT2D eigenvalue weighted by molar-refractivity contribution is -0.149. The summed E-state index contributed by atoms with van der Waals surface area (Å²) in [6.07, 6.45) is 0.00782. The zero-order valence-electron chi connectivity index (χ0n) is 11.8. The third kappa shape index (κ3) is 2.89. The molecule has 3 rings (SSSR count). The van der Waals surface area contributed by atoms with Crippen molar-refractivity contribution in [1.82, 2.24) is 4.90 Å². The second kappa shape index (κ2) is 5.78. The standard InChI is InChI=1S/C16H15F2NO2S/c17-13-4-2-1-3-12(13)14-6-5-11(22-14)9-19-8-7-16(18,10-19)15(20)21/h1-6H,7-10H2,(H,20,21). The molecule has 0 amide bonds. The van der Waals surface area contributed by atoms with Gasteiger partial charge in [0.2, 0.25) is 5.67 Å². The van der Waals surface area contributed by atoms with Crippen molar-refractivity contribution in [2.75, 3.05) is 13.1 Å². The average Bonchev–Trinajstić information content (AvgIpc) is 3.08. The van der Waals surface area contributed by atoms with Crippen molar-refractivity contribution in [3.63, 3.8) is 0 Å². The van der Waals surface area contributed by atoms with Crippen molar-refractivity contribution in [2.45, 2.75) is 18.6 Å². The SMILES string of the molecule is O=C(O)C1(F)CCN(Cc2ccc(-c3ccccc3F)s2)C1. The van der Waals surface area contributed by atoms with E-state index in [2.05, 4.69) is 0 Å². The number of benzene rings is 1. The Morgan fingerprint density at radius 2 is 2.09 bits per heavy atom. The lowest BCUT2D eigenvalue weighted by Gasteiger charge is -2.16. The van der Waals surface area contributed by atoms with Gasteiger partial charge in [-0.3, -0.25) is 4.90 Å². The van der Waals surface area contributed by atoms with Gasteiger partial charge in [-0.05, 0) is 18.2 Å². The molecule has 1 unspecified atom stereocenters. The van der Waals surface area contributed by atoms with Crippen molar-refractivity contribution >= 4 is 17.3 Å². The van der Waals surface area contributed by atoms with Crippen LogP contribution in [0, 0.1) is 5.82 Å². The molecule has 6 heteroatoms. The zero-order chi connectivity index (χ0) is 15.7. The second-order valence-electron chi connectivity index (χ2n) is 5.48. The van der Waals surface area contributed by atoms with Crippen LogP contribution < -0.4 is 0 Å². The minimum Gasteiger partial charge on any atom is -0.479 e. The molecule has 1 aromatic carbocycles. The molecular weight excluding hydrogens is 308 g/mol. The van der Waals surface area contributed by atoms with Gasteiger partial charge < -0.3 is 5.11 Å². The van der Waals surface area contributed by atoms with Crippen molar-refractivity contribution in [3.05, 3.63) is 47.1 Å². The molecule has 0 spiro atoms. The fourth-order valence-electron chi connectivity index (χ4n) is 2.65. The van der Waals surface area contributed by atoms with E-state index in [4.69, 9.17) is 5.11 Å². The maximum atomic E-state index is 14.0. The van der Waals surface area contributed by atoms with Crippen LogP contribution >= 0.6 is 11.3 Å². The molecule has 2 aromatic rings. The summed E-state index contributed by atoms with van der Waals surface area (Å²) in [7, 11) is 0. The third-order valence-corrected chi connectivity index (χ3v) is 4.97. The van der Waals surface area contributed by atoms with Crippen LogP contribution in [-0.2, 0) is 11.3 Å². The minimum atomic E-state index is -2.15. The Morgan fingerprint density at radius 3 is 2.77 bits per heavy atom. The number of alkyl halides is 1. The molecule has 3 nitrogen and oxygen atoms in total. The van der Waals surface area contributed by atoms with Crippen molar-refractivity contribution in [2.24, 2.45) is 0 Å². The van der Waals surface area contributed by atoms with Crippen LogP contribution in [-0.4, -0.2) is 34.7 Å². The second-order valence-corrected chi connectivity index (χ2v) is 6.65. The van der Waals surface area contributed by atoms with E-state index in [1.165, 1.54) is 17.4 Å². The Labute approximate surface area is 130 Å². The molecule has 1 aromatic heterocycles. The van der Waals surface area contributed by atoms with Gasteiger partial charge in [0.25, 0.3) is 0 Å². The molecule has 0 saturated carbocycles. The lowest BCUT2D eigenvalue weighted by Crippen LogP contribution is -2.36. The molecule has 2 heterocycles. The summed E-state index contributed by atoms with van der Waals surface area (Å²) in [6.45, 7) is 0.795. The molecule has 22 heavy (non-hydrogen) atoms. The number of aliphatic carboxylic acids is 1. The Morgan fingerprint density at radius 1 is 1.32 bits per heavy atom. The first-order chi connectivity index (χ1) is 10.5. The molecule has 1 atom stereocenters. The van der Waals surface area contributed by atoms with Crippen LogP contribution in [0.25, 0.3) is 10.4 Å². The van der Waals surface area contributed by atoms with E-state index in [0.717, 1.165) is 9.75 Å². The molecule has 1 N–H and O–H groups in total. The molecule has 1 aliphatic heterocycles. The predicted octanol–water partition coefficient (Wildman–Crippen LogP) is 3.55. The first-order valence-corrected chi connectivity index (χ1v) is 7.78. The summed E-state index contributed by atoms with van der Waals surface area (Å²) in [4.78, 5) is 14.5. The van der Waals surface area contributed by atoms with Gasteiger partial charge in [-0.15, -0.1) is 11.3 Å². The highest BCUT2D eigenvalue weighted by molar-refractivity contribution is 7.15. The summed E-state index contributed by atoms with van der Waals surface area (Å²) in [6, 6.07) is 10.3. The number of carbonyl (C=O) groups is 1. The minimum absolute atomic E-state index is 0.00782. The molecule has 0 bridgehead atoms. The van der Waals surface area contributed by atoms with E-state index in [9.17, 15) is 13.6 Å². The van der Waals surface area contributed by atoms with Gasteiger partial charge >= 0.3 is 5.97 Å². The van der Waals surface area contributed by atoms with Gasteiger partial charge in [0.05, 0.1) is 0 Å². The number of hydrogen-bond acceptors (Lipinski definition) is 3. The van der Waals surface area contributed by atoms with E-state index in [-0.39, 0.29) is 18.8 Å². The number of nitrogens with zero attached hydrogens (tertiary/aromatic N) is 1. The highest BCUT2D eigenvalue weighted by Gasteiger charge is 2.45. The Bertz CT molecular complexity index is 703. The molecular formula is C16H15F2NO2S. The quantitative estimate of drug-likeness (QED) is 0.935. The normalized spacial score (nSPS) is 22.1. The average molecular weight is 323 g/mol. The number of carboxylic acids is 1. The van der Waals surface area contributed by atoms with E-state index < -0.39 is 11.6 Å². The number of rotatable bonds is 4. The van der Waals surface area contributed by atoms with Crippen LogP contribution in [0.15, 0.2) is 36.4 Å². The summed E-state index contributed by atoms with van der Waals surface area (Å²) in [5.74, 6) is -1.67. The maximum absolute atomic E-state index is 14.0. The van der Waals surface area contributed by atoms with Crippen LogP contribution in [0.2, 0.25) is 0 Å². The van der Waals surface area contributed by atoms with Crippen LogP contribution in [0.5, 0.6) is 0 Å². The summed E-state index contributed by atoms with van der Waals surface area (Å²) >= 11 is 1.44. The monoisotopic (exact) mass is 323 g/mol. The van der Waals surface area contributed by atoms with E-state index in [1.807, 2.05) is 12.1 Å². The number of thiophene rings is 1. The third-order valence-electron chi connectivity index (χ3n) is 3.86. The zero-order valence-corrected chi connectivity index (χ0v) is 12.6. The summed E-state index contributed by atoms with van der Waals surface area (Å²) in [5, 5.41) is 8.90. The smallest absolute Gasteiger partial charge is 0.342 e. The highest BCUT2D eigenvalue weighted by Crippen LogP contribution is 2.32. The first-order valence-electron chi connectivity index (χ1n) is 6.96. The molecule has 1 saturated heterocycles. The van der Waals surface area contributed by atoms with Gasteiger partial charge in [0, 0.05) is 41.4 Å². The fourth-order valence-corrected chi connectivity index (χ4v) is 3.72. The Balaban J connectivity index is 1.71. The van der Waals surface area contributed by atoms with Crippen LogP contribution in [0.1, 0.15) is 11.3 Å². The lowest BCUT2D eigenvalue weighted by atomic mass is 10.1. The molecule has 1 aliphatic rings. The predicted molar refractivity (Wildman–Crippen MR) is 81.1 cm³/mol. The van der Waals surface area contributed by atoms with Gasteiger partial charge in [0.15, 0.2) is 0 Å². The van der Waals surface area contributed by atoms with Crippen molar-refractivity contribution < 1.29 is 18.7 Å². The van der Waals surface area contributed by atoms with Crippen LogP contribution in [0.3, 0.4) is 0 Å². The van der Waals surface area contributed by atoms with Crippen LogP contribution in [0.4, 0.5) is 8.78 Å². The molecule has 0 radical (unpaired) electrons. The Hall–Kier alpha value is -1.79. The molecule has 1 fully saturated rings. The Kier molecular flexibility index (Phi) is 3.97. The summed E-state index contributed by atoms with van der Waals surface area (Å²) in [5.41, 5.74) is -1.60. The number of hydrogen-bond donors (Lipinski definition) is 1. The number of halogens is 2. The molecule has 116 valence electrons. The summed E-state index contributed by atoms with van der Waals surface area (Å²) < 4.78 is 27.8. The largest absolute Gasteiger partial charge is 0.479 e. The van der Waals surface area contributed by atoms with E-state index >= 15 is 0 Å². The van der Waals surface area contributed by atoms with E-state index in [1.54, 1.807) is 23.1 Å². The van der Waals surface area contributed by atoms with Gasteiger partial charge in [-0.25, -0.2) is 13.6 Å². The number of likely N-dealkylation sites (tertiary alicyclic amines) is 1. The van der Waals surface area contributed by atoms with Gasteiger partial charge in [-0.2, -0.15) is 0 Å². The number of carboxylic acid groups (broad SMARTS) is 1. The van der Waals surface area contributed by atoms with E-state index in [0.29, 0.717) is 18.7 Å². The first kappa shape index (κ1) is 15.1. The highest BCUT2D eigenvalue weighted by atomic mass is 32.1. The van der Waals surface area contributed by atoms with Gasteiger partial charge in [0.1, 0.15) is 5.82 Å².